The first kappa shape index (κ1) is 16.0. The average Bonchev–Trinajstić information content (AvgIpc) is 2.74. The Hall–Kier alpha value is -2.48. The van der Waals surface area contributed by atoms with Crippen LogP contribution in [0.2, 0.25) is 0 Å². The molecule has 0 bridgehead atoms. The molecule has 0 radical (unpaired) electrons. The quantitative estimate of drug-likeness (QED) is 0.676. The number of allylic oxidation sites excluding steroid dienone is 6. The standard InChI is InChI=1S/C23H26N2/c1-16-9-4-6-12-21-18(16)11-8-14-23-20(15-17(2)24-21)19-10-5-7-13-22(19)25(23)3/h5-8,10-13,15-16,24H,4,9,14H2,1-3H3/b11-8+,17-15+/t16-/m0/s1. The van der Waals surface area contributed by atoms with Crippen molar-refractivity contribution >= 4 is 17.0 Å². The third-order valence-electron chi connectivity index (χ3n) is 5.47. The number of aromatic nitrogens is 1. The molecule has 1 N–H and O–H groups in total. The predicted molar refractivity (Wildman–Crippen MR) is 107 cm³/mol. The molecule has 0 unspecified atom stereocenters. The van der Waals surface area contributed by atoms with Crippen LogP contribution in [0.15, 0.2) is 65.5 Å². The zero-order chi connectivity index (χ0) is 17.4. The highest BCUT2D eigenvalue weighted by Gasteiger charge is 2.17. The van der Waals surface area contributed by atoms with Gasteiger partial charge in [-0.15, -0.1) is 0 Å². The van der Waals surface area contributed by atoms with E-state index in [9.17, 15) is 0 Å². The summed E-state index contributed by atoms with van der Waals surface area (Å²) in [4.78, 5) is 0. The lowest BCUT2D eigenvalue weighted by Crippen LogP contribution is -2.14. The Bertz CT molecular complexity index is 934. The highest BCUT2D eigenvalue weighted by Crippen LogP contribution is 2.30. The third-order valence-corrected chi connectivity index (χ3v) is 5.47. The summed E-state index contributed by atoms with van der Waals surface area (Å²) < 4.78 is 2.34. The van der Waals surface area contributed by atoms with Crippen molar-refractivity contribution in [2.75, 3.05) is 0 Å². The zero-order valence-electron chi connectivity index (χ0n) is 15.3. The van der Waals surface area contributed by atoms with Gasteiger partial charge in [0.2, 0.25) is 0 Å². The Labute approximate surface area is 150 Å². The summed E-state index contributed by atoms with van der Waals surface area (Å²) in [5.41, 5.74) is 7.87. The molecule has 2 nitrogen and oxygen atoms in total. The molecule has 1 aromatic heterocycles. The van der Waals surface area contributed by atoms with Crippen molar-refractivity contribution in [3.8, 4) is 0 Å². The highest BCUT2D eigenvalue weighted by molar-refractivity contribution is 5.91. The van der Waals surface area contributed by atoms with E-state index in [-0.39, 0.29) is 0 Å². The van der Waals surface area contributed by atoms with E-state index >= 15 is 0 Å². The molecule has 2 aliphatic rings. The third kappa shape index (κ3) is 2.86. The molecular formula is C23H26N2. The van der Waals surface area contributed by atoms with Crippen LogP contribution in [0.25, 0.3) is 17.0 Å². The molecular weight excluding hydrogens is 304 g/mol. The molecule has 1 atom stereocenters. The van der Waals surface area contributed by atoms with Gasteiger partial charge in [-0.2, -0.15) is 0 Å². The molecule has 4 rings (SSSR count). The molecule has 2 heteroatoms. The molecule has 1 aromatic carbocycles. The smallest absolute Gasteiger partial charge is 0.0486 e. The minimum atomic E-state index is 0.577. The van der Waals surface area contributed by atoms with Crippen molar-refractivity contribution in [2.45, 2.75) is 33.1 Å². The maximum atomic E-state index is 3.67. The second kappa shape index (κ2) is 6.44. The van der Waals surface area contributed by atoms with Crippen molar-refractivity contribution in [2.24, 2.45) is 13.0 Å². The molecule has 0 saturated carbocycles. The van der Waals surface area contributed by atoms with Gasteiger partial charge in [0.1, 0.15) is 0 Å². The molecule has 25 heavy (non-hydrogen) atoms. The first-order chi connectivity index (χ1) is 12.1. The van der Waals surface area contributed by atoms with Crippen LogP contribution < -0.4 is 5.32 Å². The predicted octanol–water partition coefficient (Wildman–Crippen LogP) is 5.48. The number of hydrogen-bond acceptors (Lipinski definition) is 1. The van der Waals surface area contributed by atoms with E-state index in [0.717, 1.165) is 12.8 Å². The number of aryl methyl sites for hydroxylation is 1. The van der Waals surface area contributed by atoms with Crippen molar-refractivity contribution < 1.29 is 0 Å². The normalized spacial score (nSPS) is 24.0. The summed E-state index contributed by atoms with van der Waals surface area (Å²) in [5.74, 6) is 0.577. The van der Waals surface area contributed by atoms with Gasteiger partial charge in [-0.05, 0) is 49.5 Å². The largest absolute Gasteiger partial charge is 0.359 e. The van der Waals surface area contributed by atoms with Crippen LogP contribution in [0.5, 0.6) is 0 Å². The maximum Gasteiger partial charge on any atom is 0.0486 e. The molecule has 0 spiro atoms. The van der Waals surface area contributed by atoms with Gasteiger partial charge in [-0.1, -0.05) is 43.4 Å². The van der Waals surface area contributed by atoms with E-state index in [1.807, 2.05) is 0 Å². The van der Waals surface area contributed by atoms with E-state index in [0.29, 0.717) is 5.92 Å². The fourth-order valence-corrected chi connectivity index (χ4v) is 4.08. The average molecular weight is 330 g/mol. The Kier molecular flexibility index (Phi) is 4.12. The fraction of sp³-hybridized carbons (Fsp3) is 0.304. The Morgan fingerprint density at radius 2 is 1.96 bits per heavy atom. The fourth-order valence-electron chi connectivity index (χ4n) is 4.08. The van der Waals surface area contributed by atoms with E-state index < -0.39 is 0 Å². The monoisotopic (exact) mass is 330 g/mol. The second-order valence-electron chi connectivity index (χ2n) is 7.25. The second-order valence-corrected chi connectivity index (χ2v) is 7.25. The molecule has 2 heterocycles. The van der Waals surface area contributed by atoms with Crippen LogP contribution in [0, 0.1) is 5.92 Å². The Morgan fingerprint density at radius 1 is 1.12 bits per heavy atom. The van der Waals surface area contributed by atoms with Gasteiger partial charge < -0.3 is 9.88 Å². The SMILES string of the molecule is C/C1=C\c2c(n(C)c3ccccc23)C/C=C/C2=C(C=CCC[C@@H]2C)N1. The van der Waals surface area contributed by atoms with Crippen molar-refractivity contribution in [3.63, 3.8) is 0 Å². The highest BCUT2D eigenvalue weighted by atomic mass is 15.0. The van der Waals surface area contributed by atoms with Crippen molar-refractivity contribution in [3.05, 3.63) is 76.8 Å². The number of fused-ring (bicyclic) bond motifs is 3. The van der Waals surface area contributed by atoms with Crippen LogP contribution in [0.4, 0.5) is 0 Å². The molecule has 2 aromatic rings. The summed E-state index contributed by atoms with van der Waals surface area (Å²) in [6.07, 6.45) is 14.8. The van der Waals surface area contributed by atoms with Crippen LogP contribution in [-0.4, -0.2) is 4.57 Å². The molecule has 0 amide bonds. The van der Waals surface area contributed by atoms with E-state index in [2.05, 4.69) is 85.4 Å². The Balaban J connectivity index is 1.88. The Morgan fingerprint density at radius 3 is 2.84 bits per heavy atom. The van der Waals surface area contributed by atoms with Crippen molar-refractivity contribution in [1.29, 1.82) is 0 Å². The van der Waals surface area contributed by atoms with Gasteiger partial charge in [0, 0.05) is 47.0 Å². The van der Waals surface area contributed by atoms with Gasteiger partial charge in [0.15, 0.2) is 0 Å². The van der Waals surface area contributed by atoms with Crippen LogP contribution >= 0.6 is 0 Å². The molecule has 128 valence electrons. The van der Waals surface area contributed by atoms with Gasteiger partial charge in [0.25, 0.3) is 0 Å². The number of benzene rings is 1. The molecule has 0 fully saturated rings. The van der Waals surface area contributed by atoms with Crippen molar-refractivity contribution in [1.82, 2.24) is 9.88 Å². The number of nitrogens with one attached hydrogen (secondary N) is 1. The number of rotatable bonds is 0. The summed E-state index contributed by atoms with van der Waals surface area (Å²) in [5, 5.41) is 5.00. The lowest BCUT2D eigenvalue weighted by molar-refractivity contribution is 0.632. The molecule has 1 aliphatic carbocycles. The van der Waals surface area contributed by atoms with E-state index in [1.165, 1.54) is 45.5 Å². The van der Waals surface area contributed by atoms with Gasteiger partial charge >= 0.3 is 0 Å². The number of para-hydroxylation sites is 1. The molecule has 1 aliphatic heterocycles. The summed E-state index contributed by atoms with van der Waals surface area (Å²) in [7, 11) is 2.18. The lowest BCUT2D eigenvalue weighted by atomic mass is 9.94. The lowest BCUT2D eigenvalue weighted by Gasteiger charge is -2.17. The van der Waals surface area contributed by atoms with E-state index in [1.54, 1.807) is 0 Å². The summed E-state index contributed by atoms with van der Waals surface area (Å²) in [6, 6.07) is 8.69. The zero-order valence-corrected chi connectivity index (χ0v) is 15.3. The first-order valence-electron chi connectivity index (χ1n) is 9.24. The van der Waals surface area contributed by atoms with Gasteiger partial charge in [-0.25, -0.2) is 0 Å². The van der Waals surface area contributed by atoms with Gasteiger partial charge in [-0.3, -0.25) is 0 Å². The topological polar surface area (TPSA) is 17.0 Å². The van der Waals surface area contributed by atoms with Crippen LogP contribution in [0.3, 0.4) is 0 Å². The number of nitrogens with zero attached hydrogens (tertiary/aromatic N) is 1. The minimum Gasteiger partial charge on any atom is -0.359 e. The minimum absolute atomic E-state index is 0.577. The van der Waals surface area contributed by atoms with Gasteiger partial charge in [0.05, 0.1) is 0 Å². The maximum absolute atomic E-state index is 3.67. The molecule has 0 saturated heterocycles. The summed E-state index contributed by atoms with van der Waals surface area (Å²) in [6.45, 7) is 4.51. The van der Waals surface area contributed by atoms with E-state index in [4.69, 9.17) is 0 Å². The van der Waals surface area contributed by atoms with Crippen LogP contribution in [0.1, 0.15) is 37.9 Å². The first-order valence-corrected chi connectivity index (χ1v) is 9.24. The summed E-state index contributed by atoms with van der Waals surface area (Å²) >= 11 is 0. The van der Waals surface area contributed by atoms with Crippen LogP contribution in [-0.2, 0) is 13.5 Å². The number of hydrogen-bond donors (Lipinski definition) is 1.